The van der Waals surface area contributed by atoms with E-state index < -0.39 is 0 Å². The number of H-pyrrole nitrogens is 1. The molecular weight excluding hydrogens is 438 g/mol. The molecule has 4 heterocycles. The number of aromatic nitrogens is 4. The maximum atomic E-state index is 12.4. The van der Waals surface area contributed by atoms with Gasteiger partial charge >= 0.3 is 0 Å². The second-order valence-corrected chi connectivity index (χ2v) is 9.22. The van der Waals surface area contributed by atoms with Gasteiger partial charge in [0.2, 0.25) is 0 Å². The molecule has 1 aliphatic rings. The predicted octanol–water partition coefficient (Wildman–Crippen LogP) is 3.12. The molecule has 0 amide bonds. The van der Waals surface area contributed by atoms with E-state index in [0.29, 0.717) is 13.1 Å². The summed E-state index contributed by atoms with van der Waals surface area (Å²) in [6.45, 7) is 11.9. The van der Waals surface area contributed by atoms with Crippen molar-refractivity contribution in [2.24, 2.45) is 0 Å². The number of hydrogen-bond donors (Lipinski definition) is 3. The van der Waals surface area contributed by atoms with Gasteiger partial charge in [-0.2, -0.15) is 5.10 Å². The molecule has 0 saturated carbocycles. The summed E-state index contributed by atoms with van der Waals surface area (Å²) < 4.78 is 2.03. The molecule has 1 saturated heterocycles. The Balaban J connectivity index is 1.42. The second-order valence-electron chi connectivity index (χ2n) is 9.22. The minimum absolute atomic E-state index is 0.0247. The van der Waals surface area contributed by atoms with Crippen LogP contribution in [0.3, 0.4) is 0 Å². The summed E-state index contributed by atoms with van der Waals surface area (Å²) in [5, 5.41) is 12.6. The van der Waals surface area contributed by atoms with Crippen LogP contribution in [0.5, 0.6) is 0 Å². The first-order chi connectivity index (χ1) is 17.0. The van der Waals surface area contributed by atoms with Crippen molar-refractivity contribution in [3.05, 3.63) is 75.5 Å². The van der Waals surface area contributed by atoms with Gasteiger partial charge in [0, 0.05) is 74.2 Å². The third kappa shape index (κ3) is 4.85. The van der Waals surface area contributed by atoms with Crippen molar-refractivity contribution >= 4 is 16.7 Å². The van der Waals surface area contributed by atoms with Crippen LogP contribution in [0.2, 0.25) is 0 Å². The van der Waals surface area contributed by atoms with E-state index in [9.17, 15) is 4.79 Å². The molecule has 0 bridgehead atoms. The van der Waals surface area contributed by atoms with Gasteiger partial charge in [-0.1, -0.05) is 0 Å². The number of pyridine rings is 2. The zero-order valence-electron chi connectivity index (χ0n) is 20.7. The smallest absolute Gasteiger partial charge is 0.252 e. The fourth-order valence-electron chi connectivity index (χ4n) is 4.88. The van der Waals surface area contributed by atoms with Gasteiger partial charge in [-0.15, -0.1) is 0 Å². The van der Waals surface area contributed by atoms with Gasteiger partial charge in [0.1, 0.15) is 5.82 Å². The van der Waals surface area contributed by atoms with Crippen molar-refractivity contribution in [3.8, 4) is 11.1 Å². The van der Waals surface area contributed by atoms with Crippen LogP contribution in [0.15, 0.2) is 47.5 Å². The molecule has 1 aliphatic heterocycles. The molecule has 182 valence electrons. The van der Waals surface area contributed by atoms with Crippen LogP contribution in [0.25, 0.3) is 22.0 Å². The topological polar surface area (TPSA) is 90.9 Å². The van der Waals surface area contributed by atoms with E-state index in [-0.39, 0.29) is 5.56 Å². The van der Waals surface area contributed by atoms with Crippen molar-refractivity contribution in [1.82, 2.24) is 30.4 Å². The average Bonchev–Trinajstić information content (AvgIpc) is 3.29. The van der Waals surface area contributed by atoms with Crippen molar-refractivity contribution in [3.63, 3.8) is 0 Å². The number of rotatable bonds is 7. The molecule has 8 heteroatoms. The summed E-state index contributed by atoms with van der Waals surface area (Å²) in [5.41, 5.74) is 7.11. The number of nitrogens with one attached hydrogen (secondary N) is 3. The largest absolute Gasteiger partial charge is 0.354 e. The lowest BCUT2D eigenvalue weighted by atomic mass is 10.0. The molecule has 0 spiro atoms. The standard InChI is InChI=1S/C27H33N7O/c1-4-34-25-13-21(20-5-6-26(30-15-20)33-9-7-28-8-10-33)12-22(24(25)17-31-34)14-29-16-23-18(2)11-19(3)32-27(23)35/h5-6,11-13,15,17,28-29H,4,7-10,14,16H2,1-3H3,(H,32,35). The van der Waals surface area contributed by atoms with E-state index in [2.05, 4.69) is 56.8 Å². The number of fused-ring (bicyclic) bond motifs is 1. The Morgan fingerprint density at radius 2 is 1.86 bits per heavy atom. The molecule has 4 aromatic rings. The molecule has 8 nitrogen and oxygen atoms in total. The number of anilines is 1. The van der Waals surface area contributed by atoms with Crippen LogP contribution in [-0.4, -0.2) is 45.9 Å². The van der Waals surface area contributed by atoms with Crippen molar-refractivity contribution in [2.45, 2.75) is 40.4 Å². The molecular formula is C27H33N7O. The normalized spacial score (nSPS) is 14.1. The Morgan fingerprint density at radius 1 is 1.03 bits per heavy atom. The predicted molar refractivity (Wildman–Crippen MR) is 141 cm³/mol. The maximum Gasteiger partial charge on any atom is 0.252 e. The monoisotopic (exact) mass is 471 g/mol. The van der Waals surface area contributed by atoms with Crippen LogP contribution >= 0.6 is 0 Å². The first-order valence-electron chi connectivity index (χ1n) is 12.3. The van der Waals surface area contributed by atoms with Crippen LogP contribution in [0.1, 0.15) is 29.3 Å². The maximum absolute atomic E-state index is 12.4. The molecule has 35 heavy (non-hydrogen) atoms. The number of nitrogens with zero attached hydrogens (tertiary/aromatic N) is 4. The number of aromatic amines is 1. The highest BCUT2D eigenvalue weighted by Gasteiger charge is 2.14. The lowest BCUT2D eigenvalue weighted by Gasteiger charge is -2.28. The van der Waals surface area contributed by atoms with E-state index in [1.165, 1.54) is 0 Å². The molecule has 1 aromatic carbocycles. The van der Waals surface area contributed by atoms with Crippen molar-refractivity contribution in [1.29, 1.82) is 0 Å². The fraction of sp³-hybridized carbons (Fsp3) is 0.370. The summed E-state index contributed by atoms with van der Waals surface area (Å²) in [7, 11) is 0. The highest BCUT2D eigenvalue weighted by molar-refractivity contribution is 5.87. The molecule has 5 rings (SSSR count). The van der Waals surface area contributed by atoms with E-state index in [4.69, 9.17) is 4.98 Å². The SMILES string of the molecule is CCn1ncc2c(CNCc3c(C)cc(C)[nH]c3=O)cc(-c3ccc(N4CCNCC4)nc3)cc21. The quantitative estimate of drug-likeness (QED) is 0.384. The van der Waals surface area contributed by atoms with Crippen LogP contribution < -0.4 is 21.1 Å². The Kier molecular flexibility index (Phi) is 6.66. The van der Waals surface area contributed by atoms with Gasteiger partial charge in [-0.05, 0) is 67.8 Å². The van der Waals surface area contributed by atoms with Crippen molar-refractivity contribution < 1.29 is 0 Å². The van der Waals surface area contributed by atoms with E-state index in [0.717, 1.165) is 83.0 Å². The Bertz CT molecular complexity index is 1380. The summed E-state index contributed by atoms with van der Waals surface area (Å²) in [4.78, 5) is 22.4. The number of hydrogen-bond acceptors (Lipinski definition) is 6. The van der Waals surface area contributed by atoms with Gasteiger partial charge in [0.25, 0.3) is 5.56 Å². The van der Waals surface area contributed by atoms with E-state index >= 15 is 0 Å². The van der Waals surface area contributed by atoms with E-state index in [1.807, 2.05) is 37.0 Å². The third-order valence-corrected chi connectivity index (χ3v) is 6.78. The molecule has 3 N–H and O–H groups in total. The lowest BCUT2D eigenvalue weighted by Crippen LogP contribution is -2.43. The Hall–Kier alpha value is -3.49. The molecule has 0 aliphatic carbocycles. The highest BCUT2D eigenvalue weighted by atomic mass is 16.1. The van der Waals surface area contributed by atoms with Crippen molar-refractivity contribution in [2.75, 3.05) is 31.1 Å². The van der Waals surface area contributed by atoms with Gasteiger partial charge in [-0.3, -0.25) is 9.48 Å². The molecule has 0 unspecified atom stereocenters. The minimum Gasteiger partial charge on any atom is -0.354 e. The van der Waals surface area contributed by atoms with Gasteiger partial charge in [-0.25, -0.2) is 4.98 Å². The fourth-order valence-corrected chi connectivity index (χ4v) is 4.88. The summed E-state index contributed by atoms with van der Waals surface area (Å²) in [6, 6.07) is 10.7. The Labute approximate surface area is 205 Å². The number of piperazine rings is 1. The summed E-state index contributed by atoms with van der Waals surface area (Å²) >= 11 is 0. The zero-order chi connectivity index (χ0) is 24.4. The van der Waals surface area contributed by atoms with Crippen LogP contribution in [-0.2, 0) is 19.6 Å². The molecule has 0 radical (unpaired) electrons. The first kappa shape index (κ1) is 23.3. The first-order valence-corrected chi connectivity index (χ1v) is 12.3. The summed E-state index contributed by atoms with van der Waals surface area (Å²) in [5.74, 6) is 1.02. The van der Waals surface area contributed by atoms with Gasteiger partial charge < -0.3 is 20.5 Å². The minimum atomic E-state index is -0.0247. The zero-order valence-corrected chi connectivity index (χ0v) is 20.7. The third-order valence-electron chi connectivity index (χ3n) is 6.78. The lowest BCUT2D eigenvalue weighted by molar-refractivity contribution is 0.585. The summed E-state index contributed by atoms with van der Waals surface area (Å²) in [6.07, 6.45) is 3.91. The van der Waals surface area contributed by atoms with Crippen LogP contribution in [0.4, 0.5) is 5.82 Å². The average molecular weight is 472 g/mol. The molecule has 0 atom stereocenters. The highest BCUT2D eigenvalue weighted by Crippen LogP contribution is 2.29. The van der Waals surface area contributed by atoms with E-state index in [1.54, 1.807) is 0 Å². The number of benzene rings is 1. The molecule has 3 aromatic heterocycles. The van der Waals surface area contributed by atoms with Gasteiger partial charge in [0.05, 0.1) is 11.7 Å². The number of aryl methyl sites for hydroxylation is 3. The second kappa shape index (κ2) is 10.0. The van der Waals surface area contributed by atoms with Crippen LogP contribution in [0, 0.1) is 13.8 Å². The Morgan fingerprint density at radius 3 is 2.57 bits per heavy atom. The molecule has 1 fully saturated rings. The van der Waals surface area contributed by atoms with Gasteiger partial charge in [0.15, 0.2) is 0 Å².